The van der Waals surface area contributed by atoms with Gasteiger partial charge in [0.2, 0.25) is 0 Å². The molecule has 0 bridgehead atoms. The number of hydrogen-bond acceptors (Lipinski definition) is 2. The lowest BCUT2D eigenvalue weighted by molar-refractivity contribution is 0.707. The van der Waals surface area contributed by atoms with Gasteiger partial charge < -0.3 is 5.32 Å². The Balaban J connectivity index is 2.84. The van der Waals surface area contributed by atoms with Gasteiger partial charge in [-0.3, -0.25) is 0 Å². The molecule has 0 atom stereocenters. The lowest BCUT2D eigenvalue weighted by Crippen LogP contribution is -2.14. The molecule has 0 heterocycles. The van der Waals surface area contributed by atoms with Crippen molar-refractivity contribution in [1.82, 2.24) is 5.32 Å². The third-order valence-electron chi connectivity index (χ3n) is 1.10. The van der Waals surface area contributed by atoms with Crippen LogP contribution in [0.4, 0.5) is 0 Å². The molecule has 0 rings (SSSR count). The van der Waals surface area contributed by atoms with Crippen molar-refractivity contribution in [2.45, 2.75) is 20.3 Å². The molecule has 0 aromatic heterocycles. The average molecular weight is 159 g/mol. The van der Waals surface area contributed by atoms with Crippen molar-refractivity contribution in [1.29, 1.82) is 0 Å². The van der Waals surface area contributed by atoms with E-state index in [0.29, 0.717) is 0 Å². The second-order valence-corrected chi connectivity index (χ2v) is 3.65. The molecule has 0 radical (unpaired) electrons. The van der Waals surface area contributed by atoms with Gasteiger partial charge in [-0.25, -0.2) is 0 Å². The van der Waals surface area contributed by atoms with E-state index in [2.05, 4.69) is 25.7 Å². The molecule has 1 nitrogen and oxygen atoms in total. The summed E-state index contributed by atoms with van der Waals surface area (Å²) in [4.78, 5) is 1.22. The van der Waals surface area contributed by atoms with Crippen LogP contribution in [0.5, 0.6) is 0 Å². The van der Waals surface area contributed by atoms with E-state index in [1.807, 2.05) is 11.8 Å². The summed E-state index contributed by atoms with van der Waals surface area (Å²) in [7, 11) is 0. The minimum Gasteiger partial charge on any atom is -0.317 e. The van der Waals surface area contributed by atoms with Crippen LogP contribution < -0.4 is 5.32 Å². The Kier molecular flexibility index (Phi) is 7.20. The molecule has 1 N–H and O–H groups in total. The summed E-state index contributed by atoms with van der Waals surface area (Å²) in [6, 6.07) is 0. The quantitative estimate of drug-likeness (QED) is 0.597. The number of hydrogen-bond donors (Lipinski definition) is 1. The van der Waals surface area contributed by atoms with Gasteiger partial charge in [0.05, 0.1) is 0 Å². The topological polar surface area (TPSA) is 12.0 Å². The molecule has 10 heavy (non-hydrogen) atoms. The standard InChI is InChI=1S/C8H17NS/c1-4-9-6-5-7-10-8(2)3/h9H,2,4-7H2,1,3H3. The van der Waals surface area contributed by atoms with Gasteiger partial charge >= 0.3 is 0 Å². The molecular weight excluding hydrogens is 142 g/mol. The van der Waals surface area contributed by atoms with Crippen molar-refractivity contribution >= 4 is 11.8 Å². The predicted molar refractivity (Wildman–Crippen MR) is 50.4 cm³/mol. The third kappa shape index (κ3) is 8.05. The van der Waals surface area contributed by atoms with Crippen molar-refractivity contribution in [3.63, 3.8) is 0 Å². The highest BCUT2D eigenvalue weighted by atomic mass is 32.2. The highest BCUT2D eigenvalue weighted by Gasteiger charge is 1.87. The van der Waals surface area contributed by atoms with Gasteiger partial charge in [0.25, 0.3) is 0 Å². The molecule has 2 heteroatoms. The van der Waals surface area contributed by atoms with Gasteiger partial charge in [0, 0.05) is 0 Å². The fraction of sp³-hybridized carbons (Fsp3) is 0.750. The summed E-state index contributed by atoms with van der Waals surface area (Å²) in [6.07, 6.45) is 1.24. The molecule has 0 aliphatic rings. The normalized spacial score (nSPS) is 9.80. The van der Waals surface area contributed by atoms with Crippen LogP contribution in [0.15, 0.2) is 11.5 Å². The maximum absolute atomic E-state index is 3.82. The molecule has 0 aromatic carbocycles. The lowest BCUT2D eigenvalue weighted by atomic mass is 10.5. The number of allylic oxidation sites excluding steroid dienone is 1. The molecule has 0 aliphatic carbocycles. The number of nitrogens with one attached hydrogen (secondary N) is 1. The maximum Gasteiger partial charge on any atom is -0.00115 e. The van der Waals surface area contributed by atoms with E-state index < -0.39 is 0 Å². The summed E-state index contributed by atoms with van der Waals surface area (Å²) in [5.41, 5.74) is 0. The molecule has 60 valence electrons. The third-order valence-corrected chi connectivity index (χ3v) is 2.08. The first-order valence-electron chi connectivity index (χ1n) is 3.76. The highest BCUT2D eigenvalue weighted by Crippen LogP contribution is 2.11. The van der Waals surface area contributed by atoms with Crippen molar-refractivity contribution in [2.75, 3.05) is 18.8 Å². The molecule has 0 spiro atoms. The second-order valence-electron chi connectivity index (χ2n) is 2.26. The Morgan fingerprint density at radius 2 is 2.30 bits per heavy atom. The average Bonchev–Trinajstić information content (AvgIpc) is 1.87. The monoisotopic (exact) mass is 159 g/mol. The van der Waals surface area contributed by atoms with Crippen LogP contribution in [-0.2, 0) is 0 Å². The van der Waals surface area contributed by atoms with Gasteiger partial charge in [0.15, 0.2) is 0 Å². The van der Waals surface area contributed by atoms with Crippen LogP contribution >= 0.6 is 11.8 Å². The Bertz CT molecular complexity index is 91.3. The van der Waals surface area contributed by atoms with Crippen LogP contribution in [0.1, 0.15) is 20.3 Å². The Hall–Kier alpha value is 0.0500. The van der Waals surface area contributed by atoms with E-state index in [1.54, 1.807) is 0 Å². The zero-order valence-electron chi connectivity index (χ0n) is 6.94. The fourth-order valence-corrected chi connectivity index (χ4v) is 1.26. The van der Waals surface area contributed by atoms with Crippen molar-refractivity contribution in [3.05, 3.63) is 11.5 Å². The number of rotatable bonds is 6. The summed E-state index contributed by atoms with van der Waals surface area (Å²) in [5, 5.41) is 3.28. The molecule has 0 saturated heterocycles. The summed E-state index contributed by atoms with van der Waals surface area (Å²) < 4.78 is 0. The van der Waals surface area contributed by atoms with Gasteiger partial charge in [0.1, 0.15) is 0 Å². The van der Waals surface area contributed by atoms with E-state index >= 15 is 0 Å². The summed E-state index contributed by atoms with van der Waals surface area (Å²) in [6.45, 7) is 10.2. The largest absolute Gasteiger partial charge is 0.317 e. The van der Waals surface area contributed by atoms with Crippen molar-refractivity contribution < 1.29 is 0 Å². The molecular formula is C8H17NS. The Morgan fingerprint density at radius 3 is 2.80 bits per heavy atom. The van der Waals surface area contributed by atoms with Crippen LogP contribution in [0.25, 0.3) is 0 Å². The minimum absolute atomic E-state index is 1.08. The van der Waals surface area contributed by atoms with Crippen LogP contribution in [0.3, 0.4) is 0 Å². The van der Waals surface area contributed by atoms with E-state index in [4.69, 9.17) is 0 Å². The smallest absolute Gasteiger partial charge is 0.00115 e. The number of thioether (sulfide) groups is 1. The molecule has 0 fully saturated rings. The fourth-order valence-electron chi connectivity index (χ4n) is 0.620. The van der Waals surface area contributed by atoms with Gasteiger partial charge in [-0.1, -0.05) is 13.5 Å². The van der Waals surface area contributed by atoms with Crippen molar-refractivity contribution in [3.8, 4) is 0 Å². The molecule has 0 unspecified atom stereocenters. The Morgan fingerprint density at radius 1 is 1.60 bits per heavy atom. The molecule has 0 aliphatic heterocycles. The Labute approximate surface area is 68.3 Å². The van der Waals surface area contributed by atoms with Crippen molar-refractivity contribution in [2.24, 2.45) is 0 Å². The van der Waals surface area contributed by atoms with E-state index in [1.165, 1.54) is 17.1 Å². The first-order valence-corrected chi connectivity index (χ1v) is 4.75. The molecule has 0 amide bonds. The summed E-state index contributed by atoms with van der Waals surface area (Å²) >= 11 is 1.85. The molecule has 0 aromatic rings. The second kappa shape index (κ2) is 7.16. The van der Waals surface area contributed by atoms with Crippen LogP contribution in [0, 0.1) is 0 Å². The summed E-state index contributed by atoms with van der Waals surface area (Å²) in [5.74, 6) is 1.20. The predicted octanol–water partition coefficient (Wildman–Crippen LogP) is 2.25. The van der Waals surface area contributed by atoms with Gasteiger partial charge in [-0.05, 0) is 37.1 Å². The zero-order chi connectivity index (χ0) is 7.82. The first kappa shape index (κ1) is 10.0. The minimum atomic E-state index is 1.08. The van der Waals surface area contributed by atoms with Gasteiger partial charge in [-0.15, -0.1) is 11.8 Å². The lowest BCUT2D eigenvalue weighted by Gasteiger charge is -2.00. The van der Waals surface area contributed by atoms with Crippen LogP contribution in [-0.4, -0.2) is 18.8 Å². The van der Waals surface area contributed by atoms with E-state index in [0.717, 1.165) is 13.1 Å². The zero-order valence-corrected chi connectivity index (χ0v) is 7.76. The van der Waals surface area contributed by atoms with Gasteiger partial charge in [-0.2, -0.15) is 0 Å². The van der Waals surface area contributed by atoms with E-state index in [-0.39, 0.29) is 0 Å². The maximum atomic E-state index is 3.82. The van der Waals surface area contributed by atoms with E-state index in [9.17, 15) is 0 Å². The highest BCUT2D eigenvalue weighted by molar-refractivity contribution is 8.03. The van der Waals surface area contributed by atoms with Crippen LogP contribution in [0.2, 0.25) is 0 Å². The SMILES string of the molecule is C=C(C)SCCCNCC. The first-order chi connectivity index (χ1) is 4.77. The molecule has 0 saturated carbocycles.